The van der Waals surface area contributed by atoms with E-state index in [1.165, 1.54) is 27.6 Å². The van der Waals surface area contributed by atoms with E-state index in [9.17, 15) is 0 Å². The maximum absolute atomic E-state index is 5.13. The molecule has 0 saturated heterocycles. The molecule has 0 N–H and O–H groups in total. The van der Waals surface area contributed by atoms with E-state index in [4.69, 9.17) is 15.0 Å². The fourth-order valence-electron chi connectivity index (χ4n) is 7.03. The lowest BCUT2D eigenvalue weighted by Crippen LogP contribution is -1.96. The van der Waals surface area contributed by atoms with Crippen molar-refractivity contribution in [3.63, 3.8) is 0 Å². The number of aryl methyl sites for hydroxylation is 2. The number of hydrogen-bond donors (Lipinski definition) is 0. The van der Waals surface area contributed by atoms with Gasteiger partial charge >= 0.3 is 0 Å². The smallest absolute Gasteiger partial charge is 0.160 e. The van der Waals surface area contributed by atoms with Crippen LogP contribution in [0.2, 0.25) is 0 Å². The molecule has 2 heterocycles. The first-order valence-electron chi connectivity index (χ1n) is 17.7. The average Bonchev–Trinajstić information content (AvgIpc) is 3.21. The Morgan fingerprint density at radius 2 is 0.846 bits per heavy atom. The van der Waals surface area contributed by atoms with E-state index in [-0.39, 0.29) is 0 Å². The Morgan fingerprint density at radius 1 is 0.346 bits per heavy atom. The van der Waals surface area contributed by atoms with Crippen molar-refractivity contribution in [2.75, 3.05) is 0 Å². The van der Waals surface area contributed by atoms with E-state index < -0.39 is 0 Å². The van der Waals surface area contributed by atoms with Crippen molar-refractivity contribution >= 4 is 21.7 Å². The Kier molecular flexibility index (Phi) is 7.94. The number of rotatable bonds is 6. The molecule has 52 heavy (non-hydrogen) atoms. The molecule has 0 amide bonds. The molecule has 9 rings (SSSR count). The molecule has 0 unspecified atom stereocenters. The van der Waals surface area contributed by atoms with Crippen molar-refractivity contribution in [3.05, 3.63) is 187 Å². The number of pyridine rings is 1. The lowest BCUT2D eigenvalue weighted by Gasteiger charge is -2.14. The number of hydrogen-bond acceptors (Lipinski definition) is 3. The fraction of sp³-hybridized carbons (Fsp3) is 0.0408. The molecule has 0 fully saturated rings. The van der Waals surface area contributed by atoms with Gasteiger partial charge in [-0.3, -0.25) is 0 Å². The first kappa shape index (κ1) is 31.3. The van der Waals surface area contributed by atoms with Gasteiger partial charge in [0.1, 0.15) is 0 Å². The quantitative estimate of drug-likeness (QED) is 0.166. The molecule has 0 spiro atoms. The third kappa shape index (κ3) is 5.93. The van der Waals surface area contributed by atoms with Crippen molar-refractivity contribution in [1.29, 1.82) is 0 Å². The van der Waals surface area contributed by atoms with Crippen LogP contribution in [0.15, 0.2) is 176 Å². The van der Waals surface area contributed by atoms with Gasteiger partial charge in [-0.1, -0.05) is 175 Å². The molecular formula is C49H35N3. The lowest BCUT2D eigenvalue weighted by atomic mass is 9.92. The highest BCUT2D eigenvalue weighted by Gasteiger charge is 2.15. The summed E-state index contributed by atoms with van der Waals surface area (Å²) in [5, 5.41) is 3.54. The minimum Gasteiger partial charge on any atom is -0.247 e. The fourth-order valence-corrected chi connectivity index (χ4v) is 7.03. The molecule has 0 atom stereocenters. The van der Waals surface area contributed by atoms with Crippen LogP contribution in [0.1, 0.15) is 11.1 Å². The Hall–Kier alpha value is -6.71. The van der Waals surface area contributed by atoms with Crippen LogP contribution in [-0.2, 0) is 0 Å². The summed E-state index contributed by atoms with van der Waals surface area (Å²) >= 11 is 0. The van der Waals surface area contributed by atoms with Crippen molar-refractivity contribution < 1.29 is 0 Å². The van der Waals surface area contributed by atoms with Crippen LogP contribution < -0.4 is 0 Å². The largest absolute Gasteiger partial charge is 0.247 e. The minimum atomic E-state index is 0.723. The summed E-state index contributed by atoms with van der Waals surface area (Å²) in [5.41, 5.74) is 15.2. The predicted octanol–water partition coefficient (Wildman–Crippen LogP) is 12.8. The average molecular weight is 666 g/mol. The summed E-state index contributed by atoms with van der Waals surface area (Å²) in [6.07, 6.45) is 0. The zero-order valence-electron chi connectivity index (χ0n) is 29.1. The highest BCUT2D eigenvalue weighted by atomic mass is 14.9. The van der Waals surface area contributed by atoms with Gasteiger partial charge in [0, 0.05) is 38.4 Å². The normalized spacial score (nSPS) is 11.3. The van der Waals surface area contributed by atoms with Gasteiger partial charge in [-0.25, -0.2) is 15.0 Å². The number of aromatic nitrogens is 3. The summed E-state index contributed by atoms with van der Waals surface area (Å²) in [6, 6.07) is 62.2. The topological polar surface area (TPSA) is 38.7 Å². The van der Waals surface area contributed by atoms with E-state index >= 15 is 0 Å². The number of nitrogens with zero attached hydrogens (tertiary/aromatic N) is 3. The summed E-state index contributed by atoms with van der Waals surface area (Å²) < 4.78 is 0. The molecule has 9 aromatic rings. The van der Waals surface area contributed by atoms with Crippen LogP contribution in [-0.4, -0.2) is 15.0 Å². The Bertz CT molecular complexity index is 2630. The van der Waals surface area contributed by atoms with Crippen molar-refractivity contribution in [2.45, 2.75) is 13.8 Å². The van der Waals surface area contributed by atoms with Crippen LogP contribution in [0.4, 0.5) is 0 Å². The first-order chi connectivity index (χ1) is 25.6. The molecule has 0 aliphatic carbocycles. The molecule has 3 nitrogen and oxygen atoms in total. The summed E-state index contributed by atoms with van der Waals surface area (Å²) in [5.74, 6) is 0.723. The summed E-state index contributed by atoms with van der Waals surface area (Å²) in [7, 11) is 0. The van der Waals surface area contributed by atoms with E-state index in [2.05, 4.69) is 184 Å². The van der Waals surface area contributed by atoms with E-state index in [0.717, 1.165) is 72.6 Å². The molecule has 0 aliphatic heterocycles. The third-order valence-corrected chi connectivity index (χ3v) is 9.87. The maximum atomic E-state index is 5.13. The van der Waals surface area contributed by atoms with Crippen molar-refractivity contribution in [2.24, 2.45) is 0 Å². The van der Waals surface area contributed by atoms with E-state index in [0.29, 0.717) is 0 Å². The Balaban J connectivity index is 1.07. The first-order valence-corrected chi connectivity index (χ1v) is 17.7. The highest BCUT2D eigenvalue weighted by Crippen LogP contribution is 2.39. The van der Waals surface area contributed by atoms with Gasteiger partial charge in [-0.05, 0) is 48.2 Å². The molecule has 3 heteroatoms. The molecular weight excluding hydrogens is 631 g/mol. The SMILES string of the molecule is Cc1ccc(-c2cc(-c3ccc(-c4ccc(-c5cccc6c(-c7ccccc7)nc7ccccc7c56)cc4)cc3)nc(-c3ccc(C)cc3)n2)cc1. The Morgan fingerprint density at radius 3 is 1.48 bits per heavy atom. The number of fused-ring (bicyclic) bond motifs is 3. The van der Waals surface area contributed by atoms with Gasteiger partial charge in [0.05, 0.1) is 22.6 Å². The van der Waals surface area contributed by atoms with Crippen molar-refractivity contribution in [1.82, 2.24) is 15.0 Å². The summed E-state index contributed by atoms with van der Waals surface area (Å²) in [6.45, 7) is 4.20. The predicted molar refractivity (Wildman–Crippen MR) is 217 cm³/mol. The van der Waals surface area contributed by atoms with Crippen LogP contribution in [0, 0.1) is 13.8 Å². The van der Waals surface area contributed by atoms with Crippen LogP contribution in [0.5, 0.6) is 0 Å². The zero-order valence-corrected chi connectivity index (χ0v) is 29.1. The van der Waals surface area contributed by atoms with Gasteiger partial charge in [0.2, 0.25) is 0 Å². The standard InChI is InChI=1S/C49H35N3/c1-32-15-19-37(20-16-32)45-31-46(52-49(51-45)40-21-17-33(2)18-22-40)38-29-25-35(26-30-38)34-23-27-36(28-24-34)41-12-8-13-43-47(41)42-11-6-7-14-44(42)50-48(43)39-9-4-3-5-10-39/h3-31H,1-2H3. The second-order valence-corrected chi connectivity index (χ2v) is 13.4. The number of para-hydroxylation sites is 1. The molecule has 0 bridgehead atoms. The third-order valence-electron chi connectivity index (χ3n) is 9.87. The van der Waals surface area contributed by atoms with E-state index in [1.54, 1.807) is 0 Å². The van der Waals surface area contributed by atoms with Gasteiger partial charge in [0.25, 0.3) is 0 Å². The molecule has 0 aliphatic rings. The van der Waals surface area contributed by atoms with Crippen LogP contribution >= 0.6 is 0 Å². The second-order valence-electron chi connectivity index (χ2n) is 13.4. The molecule has 7 aromatic carbocycles. The van der Waals surface area contributed by atoms with Gasteiger partial charge < -0.3 is 0 Å². The summed E-state index contributed by atoms with van der Waals surface area (Å²) in [4.78, 5) is 15.2. The second kappa shape index (κ2) is 13.2. The lowest BCUT2D eigenvalue weighted by molar-refractivity contribution is 1.18. The molecule has 0 saturated carbocycles. The highest BCUT2D eigenvalue weighted by molar-refractivity contribution is 6.17. The number of benzene rings is 7. The van der Waals surface area contributed by atoms with Gasteiger partial charge in [-0.15, -0.1) is 0 Å². The van der Waals surface area contributed by atoms with Gasteiger partial charge in [0.15, 0.2) is 5.82 Å². The monoisotopic (exact) mass is 665 g/mol. The van der Waals surface area contributed by atoms with Gasteiger partial charge in [-0.2, -0.15) is 0 Å². The minimum absolute atomic E-state index is 0.723. The zero-order chi connectivity index (χ0) is 35.0. The maximum Gasteiger partial charge on any atom is 0.160 e. The molecule has 0 radical (unpaired) electrons. The van der Waals surface area contributed by atoms with Crippen LogP contribution in [0.25, 0.3) is 89.1 Å². The van der Waals surface area contributed by atoms with Crippen molar-refractivity contribution in [3.8, 4) is 67.4 Å². The Labute approximate surface area is 304 Å². The van der Waals surface area contributed by atoms with Crippen LogP contribution in [0.3, 0.4) is 0 Å². The molecule has 246 valence electrons. The van der Waals surface area contributed by atoms with E-state index in [1.807, 2.05) is 6.07 Å². The molecule has 2 aromatic heterocycles.